The van der Waals surface area contributed by atoms with Crippen molar-refractivity contribution in [1.29, 1.82) is 0 Å². The van der Waals surface area contributed by atoms with Crippen LogP contribution in [0.1, 0.15) is 39.0 Å². The minimum absolute atomic E-state index is 0.486. The third kappa shape index (κ3) is 4.43. The topological polar surface area (TPSA) is 49.4 Å². The van der Waals surface area contributed by atoms with Gasteiger partial charge < -0.3 is 5.32 Å². The highest BCUT2D eigenvalue weighted by Crippen LogP contribution is 2.30. The van der Waals surface area contributed by atoms with Crippen LogP contribution in [0, 0.1) is 17.8 Å². The summed E-state index contributed by atoms with van der Waals surface area (Å²) < 4.78 is 24.8. The molecule has 2 aliphatic rings. The van der Waals surface area contributed by atoms with E-state index in [1.165, 1.54) is 25.5 Å². The zero-order valence-electron chi connectivity index (χ0n) is 12.3. The second kappa shape index (κ2) is 6.55. The number of piperidine rings is 1. The summed E-state index contributed by atoms with van der Waals surface area (Å²) in [6.45, 7) is 5.83. The van der Waals surface area contributed by atoms with Crippen molar-refractivity contribution in [2.45, 2.75) is 39.0 Å². The van der Waals surface area contributed by atoms with Crippen molar-refractivity contribution in [2.75, 3.05) is 32.4 Å². The maximum absolute atomic E-state index is 11.6. The van der Waals surface area contributed by atoms with Gasteiger partial charge in [-0.15, -0.1) is 0 Å². The lowest BCUT2D eigenvalue weighted by molar-refractivity contribution is 0.255. The van der Waals surface area contributed by atoms with E-state index in [4.69, 9.17) is 0 Å². The van der Waals surface area contributed by atoms with E-state index in [9.17, 15) is 8.42 Å². The quantitative estimate of drug-likeness (QED) is 0.837. The molecule has 4 nitrogen and oxygen atoms in total. The molecule has 3 unspecified atom stereocenters. The highest BCUT2D eigenvalue weighted by Gasteiger charge is 2.26. The van der Waals surface area contributed by atoms with Crippen LogP contribution in [-0.2, 0) is 10.0 Å². The fourth-order valence-electron chi connectivity index (χ4n) is 3.49. The Labute approximate surface area is 118 Å². The van der Waals surface area contributed by atoms with Gasteiger partial charge in [0.1, 0.15) is 0 Å². The lowest BCUT2D eigenvalue weighted by Crippen LogP contribution is -2.43. The maximum atomic E-state index is 11.6. The van der Waals surface area contributed by atoms with Crippen LogP contribution < -0.4 is 5.32 Å². The lowest BCUT2D eigenvalue weighted by Gasteiger charge is -2.31. The summed E-state index contributed by atoms with van der Waals surface area (Å²) in [7, 11) is -3.00. The molecule has 1 heterocycles. The van der Waals surface area contributed by atoms with Gasteiger partial charge >= 0.3 is 0 Å². The summed E-state index contributed by atoms with van der Waals surface area (Å²) in [6, 6.07) is 0. The Balaban J connectivity index is 1.71. The van der Waals surface area contributed by atoms with E-state index in [0.29, 0.717) is 19.0 Å². The summed E-state index contributed by atoms with van der Waals surface area (Å²) in [4.78, 5) is 0. The van der Waals surface area contributed by atoms with E-state index in [1.807, 2.05) is 0 Å². The highest BCUT2D eigenvalue weighted by molar-refractivity contribution is 7.88. The van der Waals surface area contributed by atoms with Crippen LogP contribution in [0.15, 0.2) is 0 Å². The molecule has 1 aliphatic carbocycles. The van der Waals surface area contributed by atoms with E-state index < -0.39 is 10.0 Å². The van der Waals surface area contributed by atoms with Crippen LogP contribution in [-0.4, -0.2) is 45.2 Å². The molecule has 0 bridgehead atoms. The average Bonchev–Trinajstić information content (AvgIpc) is 2.75. The molecule has 3 atom stereocenters. The Morgan fingerprint density at radius 1 is 1.16 bits per heavy atom. The SMILES string of the molecule is CC1CCCC1CNCC1CCCN(S(C)(=O)=O)C1. The van der Waals surface area contributed by atoms with Gasteiger partial charge in [0, 0.05) is 13.1 Å². The van der Waals surface area contributed by atoms with Gasteiger partial charge in [-0.1, -0.05) is 19.8 Å². The van der Waals surface area contributed by atoms with Crippen molar-refractivity contribution in [3.8, 4) is 0 Å². The van der Waals surface area contributed by atoms with E-state index in [-0.39, 0.29) is 0 Å². The van der Waals surface area contributed by atoms with Crippen molar-refractivity contribution in [3.05, 3.63) is 0 Å². The van der Waals surface area contributed by atoms with Crippen LogP contribution in [0.25, 0.3) is 0 Å². The van der Waals surface area contributed by atoms with Crippen LogP contribution in [0.2, 0.25) is 0 Å². The van der Waals surface area contributed by atoms with Gasteiger partial charge in [0.15, 0.2) is 0 Å². The molecule has 1 aliphatic heterocycles. The summed E-state index contributed by atoms with van der Waals surface area (Å²) >= 11 is 0. The first kappa shape index (κ1) is 15.3. The smallest absolute Gasteiger partial charge is 0.211 e. The van der Waals surface area contributed by atoms with E-state index in [0.717, 1.165) is 37.8 Å². The predicted octanol–water partition coefficient (Wildman–Crippen LogP) is 1.68. The van der Waals surface area contributed by atoms with Crippen LogP contribution in [0.3, 0.4) is 0 Å². The van der Waals surface area contributed by atoms with Crippen molar-refractivity contribution in [2.24, 2.45) is 17.8 Å². The molecule has 0 aromatic carbocycles. The van der Waals surface area contributed by atoms with Crippen LogP contribution in [0.4, 0.5) is 0 Å². The molecule has 1 N–H and O–H groups in total. The van der Waals surface area contributed by atoms with Crippen molar-refractivity contribution in [1.82, 2.24) is 9.62 Å². The molecule has 0 spiro atoms. The van der Waals surface area contributed by atoms with Gasteiger partial charge in [0.05, 0.1) is 6.26 Å². The van der Waals surface area contributed by atoms with Crippen LogP contribution >= 0.6 is 0 Å². The van der Waals surface area contributed by atoms with Gasteiger partial charge in [0.25, 0.3) is 0 Å². The molecule has 1 saturated carbocycles. The number of hydrogen-bond donors (Lipinski definition) is 1. The molecule has 0 aromatic rings. The second-order valence-electron chi connectivity index (χ2n) is 6.46. The van der Waals surface area contributed by atoms with E-state index in [2.05, 4.69) is 12.2 Å². The first-order valence-electron chi connectivity index (χ1n) is 7.62. The monoisotopic (exact) mass is 288 g/mol. The number of rotatable bonds is 5. The molecular formula is C14H28N2O2S. The Kier molecular flexibility index (Phi) is 5.26. The zero-order valence-corrected chi connectivity index (χ0v) is 13.1. The molecule has 0 radical (unpaired) electrons. The Morgan fingerprint density at radius 3 is 2.58 bits per heavy atom. The molecule has 19 heavy (non-hydrogen) atoms. The Morgan fingerprint density at radius 2 is 1.95 bits per heavy atom. The molecule has 2 fully saturated rings. The van der Waals surface area contributed by atoms with E-state index >= 15 is 0 Å². The summed E-state index contributed by atoms with van der Waals surface area (Å²) in [5.41, 5.74) is 0. The number of sulfonamides is 1. The maximum Gasteiger partial charge on any atom is 0.211 e. The van der Waals surface area contributed by atoms with Crippen LogP contribution in [0.5, 0.6) is 0 Å². The zero-order chi connectivity index (χ0) is 13.9. The molecule has 0 amide bonds. The highest BCUT2D eigenvalue weighted by atomic mass is 32.2. The largest absolute Gasteiger partial charge is 0.316 e. The minimum atomic E-state index is -3.00. The molecule has 0 aromatic heterocycles. The predicted molar refractivity (Wildman–Crippen MR) is 78.5 cm³/mol. The first-order chi connectivity index (χ1) is 8.97. The third-order valence-corrected chi connectivity index (χ3v) is 6.10. The molecule has 112 valence electrons. The van der Waals surface area contributed by atoms with Gasteiger partial charge in [0.2, 0.25) is 10.0 Å². The molecule has 2 rings (SSSR count). The molecule has 5 heteroatoms. The number of hydrogen-bond acceptors (Lipinski definition) is 3. The van der Waals surface area contributed by atoms with Gasteiger partial charge in [-0.3, -0.25) is 0 Å². The lowest BCUT2D eigenvalue weighted by atomic mass is 9.96. The van der Waals surface area contributed by atoms with Crippen molar-refractivity contribution >= 4 is 10.0 Å². The van der Waals surface area contributed by atoms with Gasteiger partial charge in [-0.05, 0) is 50.1 Å². The third-order valence-electron chi connectivity index (χ3n) is 4.83. The summed E-state index contributed by atoms with van der Waals surface area (Å²) in [5.74, 6) is 2.17. The minimum Gasteiger partial charge on any atom is -0.316 e. The standard InChI is InChI=1S/C14H28N2O2S/c1-12-5-3-7-14(12)10-15-9-13-6-4-8-16(11-13)19(2,17)18/h12-15H,3-11H2,1-2H3. The summed E-state index contributed by atoms with van der Waals surface area (Å²) in [5, 5.41) is 3.58. The first-order valence-corrected chi connectivity index (χ1v) is 9.47. The van der Waals surface area contributed by atoms with Gasteiger partial charge in [-0.25, -0.2) is 12.7 Å². The normalized spacial score (nSPS) is 33.7. The Bertz CT molecular complexity index is 383. The Hall–Kier alpha value is -0.130. The average molecular weight is 288 g/mol. The number of nitrogens with zero attached hydrogens (tertiary/aromatic N) is 1. The van der Waals surface area contributed by atoms with Crippen molar-refractivity contribution < 1.29 is 8.42 Å². The number of nitrogens with one attached hydrogen (secondary N) is 1. The second-order valence-corrected chi connectivity index (χ2v) is 8.44. The summed E-state index contributed by atoms with van der Waals surface area (Å²) in [6.07, 6.45) is 7.58. The molecule has 1 saturated heterocycles. The fraction of sp³-hybridized carbons (Fsp3) is 1.00. The molecular weight excluding hydrogens is 260 g/mol. The van der Waals surface area contributed by atoms with Crippen molar-refractivity contribution in [3.63, 3.8) is 0 Å². The van der Waals surface area contributed by atoms with E-state index in [1.54, 1.807) is 4.31 Å². The fourth-order valence-corrected chi connectivity index (χ4v) is 4.44. The van der Waals surface area contributed by atoms with Gasteiger partial charge in [-0.2, -0.15) is 0 Å².